The number of fused-ring (bicyclic) bond motifs is 2. The van der Waals surface area contributed by atoms with Crippen LogP contribution in [0.5, 0.6) is 0 Å². The van der Waals surface area contributed by atoms with E-state index in [0.717, 1.165) is 16.9 Å². The van der Waals surface area contributed by atoms with Crippen LogP contribution in [0.1, 0.15) is 11.5 Å². The van der Waals surface area contributed by atoms with Crippen LogP contribution >= 0.6 is 0 Å². The van der Waals surface area contributed by atoms with Crippen LogP contribution < -0.4 is 10.9 Å². The van der Waals surface area contributed by atoms with Crippen molar-refractivity contribution < 1.29 is 4.79 Å². The van der Waals surface area contributed by atoms with Crippen LogP contribution in [0.4, 0.5) is 0 Å². The Labute approximate surface area is 155 Å². The summed E-state index contributed by atoms with van der Waals surface area (Å²) >= 11 is 0. The van der Waals surface area contributed by atoms with E-state index in [2.05, 4.69) is 20.5 Å². The lowest BCUT2D eigenvalue weighted by Gasteiger charge is -2.07. The molecular formula is C20H19N5O2. The minimum atomic E-state index is -0.253. The molecule has 0 unspecified atom stereocenters. The van der Waals surface area contributed by atoms with Crippen molar-refractivity contribution in [2.75, 3.05) is 6.54 Å². The first-order valence-corrected chi connectivity index (χ1v) is 8.77. The number of aryl methyl sites for hydroxylation is 1. The quantitative estimate of drug-likeness (QED) is 0.566. The Kier molecular flexibility index (Phi) is 4.42. The van der Waals surface area contributed by atoms with Gasteiger partial charge in [-0.25, -0.2) is 10.1 Å². The van der Waals surface area contributed by atoms with E-state index in [9.17, 15) is 9.59 Å². The molecule has 4 aromatic rings. The second-order valence-corrected chi connectivity index (χ2v) is 6.40. The summed E-state index contributed by atoms with van der Waals surface area (Å²) in [6.07, 6.45) is 0.747. The highest BCUT2D eigenvalue weighted by Crippen LogP contribution is 2.15. The molecule has 27 heavy (non-hydrogen) atoms. The van der Waals surface area contributed by atoms with Crippen molar-refractivity contribution in [2.45, 2.75) is 12.8 Å². The Hall–Kier alpha value is -3.48. The van der Waals surface area contributed by atoms with Crippen molar-refractivity contribution in [2.24, 2.45) is 7.05 Å². The standard InChI is InChI=1S/C20H19N5O2/c1-25-17-9-5-4-8-15(17)22-18(25)10-11-21-19(26)12-16-13-6-2-3-7-14(13)20(27)24-23-16/h2-9H,10-12H2,1H3,(H,21,26)(H,24,27). The first-order valence-electron chi connectivity index (χ1n) is 8.77. The third kappa shape index (κ3) is 3.31. The summed E-state index contributed by atoms with van der Waals surface area (Å²) in [7, 11) is 1.98. The van der Waals surface area contributed by atoms with E-state index >= 15 is 0 Å². The number of aromatic nitrogens is 4. The van der Waals surface area contributed by atoms with Crippen LogP contribution in [-0.2, 0) is 24.7 Å². The Bertz CT molecular complexity index is 1190. The van der Waals surface area contributed by atoms with E-state index in [1.807, 2.05) is 41.9 Å². The number of nitrogens with one attached hydrogen (secondary N) is 2. The van der Waals surface area contributed by atoms with E-state index in [0.29, 0.717) is 29.4 Å². The van der Waals surface area contributed by atoms with Crippen LogP contribution in [0, 0.1) is 0 Å². The van der Waals surface area contributed by atoms with Crippen LogP contribution in [-0.4, -0.2) is 32.2 Å². The average Bonchev–Trinajstić information content (AvgIpc) is 3.00. The highest BCUT2D eigenvalue weighted by Gasteiger charge is 2.11. The normalized spacial score (nSPS) is 11.1. The van der Waals surface area contributed by atoms with Gasteiger partial charge in [0.25, 0.3) is 5.56 Å². The molecule has 2 aromatic carbocycles. The average molecular weight is 361 g/mol. The summed E-state index contributed by atoms with van der Waals surface area (Å²) in [6.45, 7) is 0.483. The molecule has 0 atom stereocenters. The van der Waals surface area contributed by atoms with Gasteiger partial charge in [0.1, 0.15) is 5.82 Å². The van der Waals surface area contributed by atoms with Crippen LogP contribution in [0.2, 0.25) is 0 Å². The molecule has 2 heterocycles. The SMILES string of the molecule is Cn1c(CCNC(=O)Cc2n[nH]c(=O)c3ccccc23)nc2ccccc21. The van der Waals surface area contributed by atoms with Gasteiger partial charge in [0.05, 0.1) is 28.5 Å². The Morgan fingerprint density at radius 3 is 2.67 bits per heavy atom. The zero-order chi connectivity index (χ0) is 18.8. The number of benzene rings is 2. The number of imidazole rings is 1. The number of carbonyl (C=O) groups is 1. The highest BCUT2D eigenvalue weighted by atomic mass is 16.1. The van der Waals surface area contributed by atoms with Gasteiger partial charge in [-0.2, -0.15) is 5.10 Å². The van der Waals surface area contributed by atoms with Crippen LogP contribution in [0.25, 0.3) is 21.8 Å². The number of rotatable bonds is 5. The molecular weight excluding hydrogens is 342 g/mol. The molecule has 7 nitrogen and oxygen atoms in total. The fraction of sp³-hybridized carbons (Fsp3) is 0.200. The number of hydrogen-bond donors (Lipinski definition) is 2. The lowest BCUT2D eigenvalue weighted by Crippen LogP contribution is -2.28. The van der Waals surface area contributed by atoms with E-state index < -0.39 is 0 Å². The van der Waals surface area contributed by atoms with Crippen molar-refractivity contribution in [3.8, 4) is 0 Å². The zero-order valence-corrected chi connectivity index (χ0v) is 14.9. The molecule has 7 heteroatoms. The van der Waals surface area contributed by atoms with Crippen LogP contribution in [0.3, 0.4) is 0 Å². The molecule has 0 fully saturated rings. The first-order chi connectivity index (χ1) is 13.1. The second-order valence-electron chi connectivity index (χ2n) is 6.40. The summed E-state index contributed by atoms with van der Waals surface area (Å²) in [5.41, 5.74) is 2.33. The molecule has 0 aliphatic carbocycles. The summed E-state index contributed by atoms with van der Waals surface area (Å²) in [5, 5.41) is 10.6. The molecule has 0 saturated carbocycles. The molecule has 0 saturated heterocycles. The first kappa shape index (κ1) is 17.0. The summed E-state index contributed by atoms with van der Waals surface area (Å²) < 4.78 is 2.04. The van der Waals surface area contributed by atoms with Crippen molar-refractivity contribution >= 4 is 27.7 Å². The van der Waals surface area contributed by atoms with E-state index in [4.69, 9.17) is 0 Å². The molecule has 1 amide bonds. The number of aromatic amines is 1. The third-order valence-corrected chi connectivity index (χ3v) is 4.65. The number of para-hydroxylation sites is 2. The van der Waals surface area contributed by atoms with Crippen molar-refractivity contribution in [3.05, 3.63) is 70.4 Å². The van der Waals surface area contributed by atoms with E-state index in [-0.39, 0.29) is 17.9 Å². The largest absolute Gasteiger partial charge is 0.355 e. The number of nitrogens with zero attached hydrogens (tertiary/aromatic N) is 3. The van der Waals surface area contributed by atoms with Gasteiger partial charge in [-0.05, 0) is 18.2 Å². The zero-order valence-electron chi connectivity index (χ0n) is 14.9. The van der Waals surface area contributed by atoms with Gasteiger partial charge < -0.3 is 9.88 Å². The number of amides is 1. The fourth-order valence-electron chi connectivity index (χ4n) is 3.25. The molecule has 2 N–H and O–H groups in total. The highest BCUT2D eigenvalue weighted by molar-refractivity contribution is 5.88. The van der Waals surface area contributed by atoms with E-state index in [1.165, 1.54) is 0 Å². The maximum Gasteiger partial charge on any atom is 0.272 e. The minimum absolute atomic E-state index is 0.111. The molecule has 0 radical (unpaired) electrons. The lowest BCUT2D eigenvalue weighted by atomic mass is 10.1. The molecule has 0 aliphatic rings. The second kappa shape index (κ2) is 7.03. The number of hydrogen-bond acceptors (Lipinski definition) is 4. The van der Waals surface area contributed by atoms with Crippen molar-refractivity contribution in [1.29, 1.82) is 0 Å². The summed E-state index contributed by atoms with van der Waals surface area (Å²) in [5.74, 6) is 0.780. The Morgan fingerprint density at radius 1 is 1.11 bits per heavy atom. The fourth-order valence-corrected chi connectivity index (χ4v) is 3.25. The minimum Gasteiger partial charge on any atom is -0.355 e. The predicted octanol–water partition coefficient (Wildman–Crippen LogP) is 1.71. The van der Waals surface area contributed by atoms with Gasteiger partial charge in [-0.3, -0.25) is 9.59 Å². The Balaban J connectivity index is 1.42. The third-order valence-electron chi connectivity index (χ3n) is 4.65. The summed E-state index contributed by atoms with van der Waals surface area (Å²) in [6, 6.07) is 15.1. The topological polar surface area (TPSA) is 92.7 Å². The molecule has 0 aliphatic heterocycles. The van der Waals surface area contributed by atoms with Gasteiger partial charge >= 0.3 is 0 Å². The smallest absolute Gasteiger partial charge is 0.272 e. The maximum atomic E-state index is 12.3. The number of H-pyrrole nitrogens is 1. The molecule has 0 spiro atoms. The Morgan fingerprint density at radius 2 is 1.85 bits per heavy atom. The van der Waals surface area contributed by atoms with Gasteiger partial charge in [0.2, 0.25) is 5.91 Å². The van der Waals surface area contributed by atoms with E-state index in [1.54, 1.807) is 18.2 Å². The van der Waals surface area contributed by atoms with Crippen molar-refractivity contribution in [1.82, 2.24) is 25.1 Å². The van der Waals surface area contributed by atoms with Gasteiger partial charge in [0.15, 0.2) is 0 Å². The molecule has 4 rings (SSSR count). The molecule has 2 aromatic heterocycles. The van der Waals surface area contributed by atoms with Gasteiger partial charge in [-0.15, -0.1) is 0 Å². The van der Waals surface area contributed by atoms with Crippen molar-refractivity contribution in [3.63, 3.8) is 0 Å². The van der Waals surface area contributed by atoms with Gasteiger partial charge in [0, 0.05) is 25.4 Å². The predicted molar refractivity (Wildman–Crippen MR) is 103 cm³/mol. The molecule has 136 valence electrons. The van der Waals surface area contributed by atoms with Gasteiger partial charge in [-0.1, -0.05) is 30.3 Å². The summed E-state index contributed by atoms with van der Waals surface area (Å²) in [4.78, 5) is 28.7. The molecule has 0 bridgehead atoms. The monoisotopic (exact) mass is 361 g/mol. The number of carbonyl (C=O) groups excluding carboxylic acids is 1. The lowest BCUT2D eigenvalue weighted by molar-refractivity contribution is -0.120. The van der Waals surface area contributed by atoms with Crippen LogP contribution in [0.15, 0.2) is 53.3 Å². The maximum absolute atomic E-state index is 12.3.